The molecule has 0 saturated heterocycles. The van der Waals surface area contributed by atoms with Crippen LogP contribution in [0.1, 0.15) is 35.2 Å². The molecule has 0 amide bonds. The molecule has 1 saturated carbocycles. The number of methoxy groups -OCH3 is 1. The molecular formula is C20H19BrF3N5O2. The van der Waals surface area contributed by atoms with Crippen LogP contribution >= 0.6 is 15.9 Å². The third-order valence-corrected chi connectivity index (χ3v) is 6.18. The molecule has 11 heteroatoms. The summed E-state index contributed by atoms with van der Waals surface area (Å²) in [5.74, 6) is -0.453. The van der Waals surface area contributed by atoms with Gasteiger partial charge in [-0.05, 0) is 41.3 Å². The van der Waals surface area contributed by atoms with Gasteiger partial charge in [0.25, 0.3) is 0 Å². The number of nitrogens with one attached hydrogen (secondary N) is 2. The van der Waals surface area contributed by atoms with Crippen molar-refractivity contribution < 1.29 is 22.7 Å². The van der Waals surface area contributed by atoms with Gasteiger partial charge in [-0.1, -0.05) is 6.07 Å². The van der Waals surface area contributed by atoms with Crippen molar-refractivity contribution >= 4 is 38.8 Å². The molecule has 1 fully saturated rings. The summed E-state index contributed by atoms with van der Waals surface area (Å²) in [7, 11) is 1.25. The van der Waals surface area contributed by atoms with Gasteiger partial charge in [-0.15, -0.1) is 0 Å². The van der Waals surface area contributed by atoms with Crippen LogP contribution in [0, 0.1) is 0 Å². The number of fused-ring (bicyclic) bond motifs is 1. The quantitative estimate of drug-likeness (QED) is 0.458. The SMILES string of the molecule is COC(=O)c1ccc2c(-c3nc(N[C@H]4CC[C@H](N)C4)ncc3C(F)(F)F)c[nH]c2c1Br. The first-order valence-corrected chi connectivity index (χ1v) is 10.3. The summed E-state index contributed by atoms with van der Waals surface area (Å²) < 4.78 is 46.3. The van der Waals surface area contributed by atoms with E-state index in [0.717, 1.165) is 19.0 Å². The summed E-state index contributed by atoms with van der Waals surface area (Å²) in [5.41, 5.74) is 5.67. The maximum atomic E-state index is 13.7. The van der Waals surface area contributed by atoms with E-state index in [1.807, 2.05) is 0 Å². The van der Waals surface area contributed by atoms with E-state index in [1.54, 1.807) is 6.07 Å². The summed E-state index contributed by atoms with van der Waals surface area (Å²) >= 11 is 3.33. The fraction of sp³-hybridized carbons (Fsp3) is 0.350. The molecule has 1 aromatic carbocycles. The van der Waals surface area contributed by atoms with Gasteiger partial charge in [-0.25, -0.2) is 14.8 Å². The first kappa shape index (κ1) is 21.6. The number of nitrogens with two attached hydrogens (primary N) is 1. The summed E-state index contributed by atoms with van der Waals surface area (Å²) in [6, 6.07) is 3.12. The zero-order valence-electron chi connectivity index (χ0n) is 16.4. The molecule has 164 valence electrons. The molecule has 0 bridgehead atoms. The van der Waals surface area contributed by atoms with Crippen molar-refractivity contribution in [3.05, 3.63) is 40.1 Å². The molecule has 4 N–H and O–H groups in total. The van der Waals surface area contributed by atoms with Crippen LogP contribution in [-0.2, 0) is 10.9 Å². The Kier molecular flexibility index (Phi) is 5.65. The number of ether oxygens (including phenoxy) is 1. The summed E-state index contributed by atoms with van der Waals surface area (Å²) in [6.45, 7) is 0. The number of rotatable bonds is 4. The largest absolute Gasteiger partial charge is 0.465 e. The molecule has 3 aromatic rings. The van der Waals surface area contributed by atoms with E-state index in [4.69, 9.17) is 10.5 Å². The maximum Gasteiger partial charge on any atom is 0.419 e. The van der Waals surface area contributed by atoms with Gasteiger partial charge < -0.3 is 20.8 Å². The van der Waals surface area contributed by atoms with Crippen molar-refractivity contribution in [1.82, 2.24) is 15.0 Å². The normalized spacial score (nSPS) is 19.0. The first-order valence-electron chi connectivity index (χ1n) is 9.53. The van der Waals surface area contributed by atoms with Crippen molar-refractivity contribution in [2.24, 2.45) is 5.73 Å². The van der Waals surface area contributed by atoms with Crippen LogP contribution in [0.5, 0.6) is 0 Å². The Bertz CT molecular complexity index is 1150. The lowest BCUT2D eigenvalue weighted by atomic mass is 10.0. The lowest BCUT2D eigenvalue weighted by molar-refractivity contribution is -0.137. The fourth-order valence-electron chi connectivity index (χ4n) is 3.82. The second-order valence-electron chi connectivity index (χ2n) is 7.41. The highest BCUT2D eigenvalue weighted by Gasteiger charge is 2.36. The van der Waals surface area contributed by atoms with Crippen LogP contribution in [0.15, 0.2) is 29.0 Å². The number of esters is 1. The molecule has 2 heterocycles. The smallest absolute Gasteiger partial charge is 0.419 e. The molecule has 1 aliphatic carbocycles. The number of alkyl halides is 3. The predicted octanol–water partition coefficient (Wildman–Crippen LogP) is 4.48. The van der Waals surface area contributed by atoms with Gasteiger partial charge >= 0.3 is 12.1 Å². The number of hydrogen-bond acceptors (Lipinski definition) is 6. The van der Waals surface area contributed by atoms with Gasteiger partial charge in [0.1, 0.15) is 5.56 Å². The number of nitrogens with zero attached hydrogens (tertiary/aromatic N) is 2. The molecular weight excluding hydrogens is 479 g/mol. The standard InChI is InChI=1S/C20H19BrF3N5O2/c1-31-18(30)12-5-4-11-13(7-26-17(11)15(12)21)16-14(20(22,23)24)8-27-19(29-16)28-10-3-2-9(25)6-10/h4-5,7-10,26H,2-3,6,25H2,1H3,(H,27,28,29)/t9-,10-/m0/s1. The molecule has 0 radical (unpaired) electrons. The van der Waals surface area contributed by atoms with Crippen molar-refractivity contribution in [2.45, 2.75) is 37.5 Å². The zero-order chi connectivity index (χ0) is 22.3. The maximum absolute atomic E-state index is 13.7. The van der Waals surface area contributed by atoms with Crippen molar-refractivity contribution in [3.8, 4) is 11.3 Å². The van der Waals surface area contributed by atoms with Gasteiger partial charge in [0.05, 0.1) is 28.4 Å². The third-order valence-electron chi connectivity index (χ3n) is 5.35. The Balaban J connectivity index is 1.81. The van der Waals surface area contributed by atoms with E-state index in [9.17, 15) is 18.0 Å². The molecule has 4 rings (SSSR count). The van der Waals surface area contributed by atoms with E-state index in [-0.39, 0.29) is 34.9 Å². The number of H-pyrrole nitrogens is 1. The minimum Gasteiger partial charge on any atom is -0.465 e. The third kappa shape index (κ3) is 4.11. The van der Waals surface area contributed by atoms with Crippen LogP contribution < -0.4 is 11.1 Å². The van der Waals surface area contributed by atoms with Crippen molar-refractivity contribution in [2.75, 3.05) is 12.4 Å². The summed E-state index contributed by atoms with van der Waals surface area (Å²) in [4.78, 5) is 23.0. The summed E-state index contributed by atoms with van der Waals surface area (Å²) in [5, 5.41) is 3.56. The monoisotopic (exact) mass is 497 g/mol. The Morgan fingerprint density at radius 3 is 2.77 bits per heavy atom. The molecule has 1 aliphatic rings. The number of aromatic amines is 1. The fourth-order valence-corrected chi connectivity index (χ4v) is 4.44. The molecule has 31 heavy (non-hydrogen) atoms. The second-order valence-corrected chi connectivity index (χ2v) is 8.20. The number of carbonyl (C=O) groups is 1. The number of hydrogen-bond donors (Lipinski definition) is 3. The Morgan fingerprint density at radius 1 is 1.35 bits per heavy atom. The number of aromatic nitrogens is 3. The second kappa shape index (κ2) is 8.12. The van der Waals surface area contributed by atoms with E-state index in [1.165, 1.54) is 19.4 Å². The first-order chi connectivity index (χ1) is 14.7. The van der Waals surface area contributed by atoms with Gasteiger partial charge in [0.2, 0.25) is 5.95 Å². The van der Waals surface area contributed by atoms with Crippen LogP contribution in [-0.4, -0.2) is 40.1 Å². The highest BCUT2D eigenvalue weighted by atomic mass is 79.9. The molecule has 2 atom stereocenters. The molecule has 0 spiro atoms. The lowest BCUT2D eigenvalue weighted by Gasteiger charge is -2.16. The van der Waals surface area contributed by atoms with Gasteiger partial charge in [0, 0.05) is 35.4 Å². The van der Waals surface area contributed by atoms with Gasteiger partial charge in [0.15, 0.2) is 0 Å². The van der Waals surface area contributed by atoms with Crippen LogP contribution in [0.25, 0.3) is 22.2 Å². The number of anilines is 1. The number of benzene rings is 1. The van der Waals surface area contributed by atoms with Crippen LogP contribution in [0.2, 0.25) is 0 Å². The Hall–Kier alpha value is -2.66. The topological polar surface area (TPSA) is 106 Å². The Labute approximate surface area is 183 Å². The highest BCUT2D eigenvalue weighted by molar-refractivity contribution is 9.10. The predicted molar refractivity (Wildman–Crippen MR) is 113 cm³/mol. The molecule has 7 nitrogen and oxygen atoms in total. The minimum absolute atomic E-state index is 0.0133. The summed E-state index contributed by atoms with van der Waals surface area (Å²) in [6.07, 6.45) is -0.0760. The average Bonchev–Trinajstić information content (AvgIpc) is 3.33. The van der Waals surface area contributed by atoms with Crippen LogP contribution in [0.3, 0.4) is 0 Å². The molecule has 0 aliphatic heterocycles. The molecule has 2 aromatic heterocycles. The molecule has 0 unspecified atom stereocenters. The van der Waals surface area contributed by atoms with E-state index >= 15 is 0 Å². The Morgan fingerprint density at radius 2 is 2.13 bits per heavy atom. The van der Waals surface area contributed by atoms with Gasteiger partial charge in [-0.2, -0.15) is 13.2 Å². The lowest BCUT2D eigenvalue weighted by Crippen LogP contribution is -2.22. The van der Waals surface area contributed by atoms with E-state index in [0.29, 0.717) is 21.8 Å². The van der Waals surface area contributed by atoms with Gasteiger partial charge in [-0.3, -0.25) is 0 Å². The zero-order valence-corrected chi connectivity index (χ0v) is 18.0. The van der Waals surface area contributed by atoms with Crippen molar-refractivity contribution in [3.63, 3.8) is 0 Å². The highest BCUT2D eigenvalue weighted by Crippen LogP contribution is 2.40. The number of carbonyl (C=O) groups excluding carboxylic acids is 1. The average molecular weight is 498 g/mol. The van der Waals surface area contributed by atoms with Crippen LogP contribution in [0.4, 0.5) is 19.1 Å². The minimum atomic E-state index is -4.64. The van der Waals surface area contributed by atoms with E-state index < -0.39 is 17.7 Å². The number of halogens is 4. The van der Waals surface area contributed by atoms with E-state index in [2.05, 4.69) is 36.2 Å². The van der Waals surface area contributed by atoms with Crippen molar-refractivity contribution in [1.29, 1.82) is 0 Å².